The molecule has 2 aromatic heterocycles. The molecule has 5 aromatic rings. The number of anilines is 1. The highest BCUT2D eigenvalue weighted by molar-refractivity contribution is 7.92. The fraction of sp³-hybridized carbons (Fsp3) is 0.0769. The van der Waals surface area contributed by atoms with Crippen molar-refractivity contribution in [1.29, 1.82) is 0 Å². The first-order valence-electron chi connectivity index (χ1n) is 10.8. The molecule has 0 atom stereocenters. The van der Waals surface area contributed by atoms with Gasteiger partial charge in [-0.3, -0.25) is 9.52 Å². The summed E-state index contributed by atoms with van der Waals surface area (Å²) in [6, 6.07) is 19.7. The van der Waals surface area contributed by atoms with Gasteiger partial charge in [-0.25, -0.2) is 17.8 Å². The molecular formula is C26H21N3O5S2. The lowest BCUT2D eigenvalue weighted by Crippen LogP contribution is -2.32. The molecule has 0 fully saturated rings. The molecular weight excluding hydrogens is 498 g/mol. The quantitative estimate of drug-likeness (QED) is 0.344. The number of sulfonamides is 1. The van der Waals surface area contributed by atoms with Gasteiger partial charge in [0.25, 0.3) is 5.56 Å². The monoisotopic (exact) mass is 519 g/mol. The zero-order valence-electron chi connectivity index (χ0n) is 19.3. The van der Waals surface area contributed by atoms with E-state index in [1.807, 2.05) is 41.8 Å². The normalized spacial score (nSPS) is 11.5. The summed E-state index contributed by atoms with van der Waals surface area (Å²) >= 11 is 1.52. The Kier molecular flexibility index (Phi) is 5.99. The van der Waals surface area contributed by atoms with Crippen LogP contribution in [0.15, 0.2) is 87.9 Å². The highest BCUT2D eigenvalue weighted by Gasteiger charge is 2.18. The number of benzene rings is 3. The number of ether oxygens (including phenoxy) is 1. The summed E-state index contributed by atoms with van der Waals surface area (Å²) < 4.78 is 32.6. The van der Waals surface area contributed by atoms with Gasteiger partial charge in [0.1, 0.15) is 5.75 Å². The molecule has 0 aliphatic heterocycles. The second-order valence-electron chi connectivity index (χ2n) is 8.16. The molecule has 10 heteroatoms. The number of rotatable bonds is 6. The Morgan fingerprint density at radius 2 is 1.69 bits per heavy atom. The minimum Gasteiger partial charge on any atom is -0.495 e. The van der Waals surface area contributed by atoms with E-state index in [0.29, 0.717) is 22.7 Å². The van der Waals surface area contributed by atoms with Gasteiger partial charge in [-0.1, -0.05) is 24.3 Å². The third-order valence-electron chi connectivity index (χ3n) is 5.63. The van der Waals surface area contributed by atoms with E-state index in [-0.39, 0.29) is 0 Å². The summed E-state index contributed by atoms with van der Waals surface area (Å²) in [7, 11) is -1.81. The smallest absolute Gasteiger partial charge is 0.332 e. The van der Waals surface area contributed by atoms with Crippen molar-refractivity contribution < 1.29 is 13.2 Å². The van der Waals surface area contributed by atoms with Gasteiger partial charge in [0, 0.05) is 34.0 Å². The molecule has 0 unspecified atom stereocenters. The molecule has 5 rings (SSSR count). The number of aromatic nitrogens is 2. The fourth-order valence-electron chi connectivity index (χ4n) is 4.15. The Labute approximate surface area is 210 Å². The molecule has 0 saturated heterocycles. The van der Waals surface area contributed by atoms with Crippen LogP contribution in [0, 0.1) is 0 Å². The van der Waals surface area contributed by atoms with E-state index in [4.69, 9.17) is 4.74 Å². The minimum absolute atomic E-state index is 0.411. The van der Waals surface area contributed by atoms with Gasteiger partial charge < -0.3 is 9.72 Å². The fourth-order valence-corrected chi connectivity index (χ4v) is 5.45. The van der Waals surface area contributed by atoms with Crippen LogP contribution in [-0.4, -0.2) is 31.3 Å². The Hall–Kier alpha value is -4.15. The molecule has 2 heterocycles. The van der Waals surface area contributed by atoms with E-state index in [1.54, 1.807) is 31.4 Å². The zero-order valence-corrected chi connectivity index (χ0v) is 20.9. The number of methoxy groups -OCH3 is 1. The molecule has 0 radical (unpaired) electrons. The van der Waals surface area contributed by atoms with Crippen molar-refractivity contribution in [2.75, 3.05) is 18.1 Å². The lowest BCUT2D eigenvalue weighted by Gasteiger charge is -2.17. The number of nitrogens with one attached hydrogen (secondary N) is 2. The van der Waals surface area contributed by atoms with E-state index < -0.39 is 21.3 Å². The second kappa shape index (κ2) is 9.14. The standard InChI is InChI=1S/C26H21N3O5S2/c1-34-25-21(18-6-5-17-13-19(28-36(2,32)33)8-7-16(17)12-18)14-20(15-22(25)23-4-3-11-35-23)29-24(30)9-10-27-26(29)31/h3-15,28H,1-2H3,(H,27,31). The van der Waals surface area contributed by atoms with E-state index in [9.17, 15) is 18.0 Å². The first kappa shape index (κ1) is 23.6. The Bertz CT molecular complexity index is 1790. The van der Waals surface area contributed by atoms with Gasteiger partial charge in [0.15, 0.2) is 0 Å². The van der Waals surface area contributed by atoms with Crippen LogP contribution in [0.4, 0.5) is 5.69 Å². The average Bonchev–Trinajstić information content (AvgIpc) is 3.37. The Morgan fingerprint density at radius 3 is 2.39 bits per heavy atom. The maximum Gasteiger partial charge on any atom is 0.332 e. The minimum atomic E-state index is -3.39. The van der Waals surface area contributed by atoms with Crippen molar-refractivity contribution in [2.24, 2.45) is 0 Å². The predicted octanol–water partition coefficient (Wildman–Crippen LogP) is 4.45. The van der Waals surface area contributed by atoms with Crippen molar-refractivity contribution in [3.8, 4) is 33.0 Å². The lowest BCUT2D eigenvalue weighted by atomic mass is 9.96. The summed E-state index contributed by atoms with van der Waals surface area (Å²) in [5, 5.41) is 3.67. The summed E-state index contributed by atoms with van der Waals surface area (Å²) in [6.07, 6.45) is 2.43. The number of thiophene rings is 1. The second-order valence-corrected chi connectivity index (χ2v) is 10.9. The van der Waals surface area contributed by atoms with Crippen LogP contribution < -0.4 is 20.7 Å². The molecule has 0 aliphatic carbocycles. The van der Waals surface area contributed by atoms with E-state index in [0.717, 1.165) is 37.6 Å². The number of H-pyrrole nitrogens is 1. The molecule has 2 N–H and O–H groups in total. The first-order valence-corrected chi connectivity index (χ1v) is 13.6. The van der Waals surface area contributed by atoms with Gasteiger partial charge in [-0.05, 0) is 58.1 Å². The summed E-state index contributed by atoms with van der Waals surface area (Å²) in [5.41, 5.74) is 2.16. The largest absolute Gasteiger partial charge is 0.495 e. The van der Waals surface area contributed by atoms with Gasteiger partial charge in [0.2, 0.25) is 10.0 Å². The van der Waals surface area contributed by atoms with Crippen molar-refractivity contribution in [2.45, 2.75) is 0 Å². The highest BCUT2D eigenvalue weighted by atomic mass is 32.2. The van der Waals surface area contributed by atoms with Crippen molar-refractivity contribution >= 4 is 37.8 Å². The Balaban J connectivity index is 1.74. The van der Waals surface area contributed by atoms with Crippen LogP contribution >= 0.6 is 11.3 Å². The maximum atomic E-state index is 12.6. The molecule has 3 aromatic carbocycles. The van der Waals surface area contributed by atoms with Crippen molar-refractivity contribution in [3.05, 3.63) is 99.1 Å². The molecule has 0 saturated carbocycles. The zero-order chi connectivity index (χ0) is 25.4. The molecule has 0 bridgehead atoms. The van der Waals surface area contributed by atoms with Crippen LogP contribution in [0.25, 0.3) is 38.0 Å². The van der Waals surface area contributed by atoms with Gasteiger partial charge in [0.05, 0.1) is 19.1 Å². The molecule has 0 spiro atoms. The van der Waals surface area contributed by atoms with E-state index in [2.05, 4.69) is 9.71 Å². The molecule has 0 amide bonds. The van der Waals surface area contributed by atoms with E-state index >= 15 is 0 Å². The third kappa shape index (κ3) is 4.56. The van der Waals surface area contributed by atoms with Crippen LogP contribution in [0.2, 0.25) is 0 Å². The molecule has 182 valence electrons. The summed E-state index contributed by atoms with van der Waals surface area (Å²) in [4.78, 5) is 28.7. The van der Waals surface area contributed by atoms with Crippen molar-refractivity contribution in [3.63, 3.8) is 0 Å². The van der Waals surface area contributed by atoms with E-state index in [1.165, 1.54) is 23.6 Å². The summed E-state index contributed by atoms with van der Waals surface area (Å²) in [5.74, 6) is 0.608. The SMILES string of the molecule is COc1c(-c2ccc3cc(NS(C)(=O)=O)ccc3c2)cc(-n2c(=O)cc[nH]c2=O)cc1-c1cccs1. The average molecular weight is 520 g/mol. The lowest BCUT2D eigenvalue weighted by molar-refractivity contribution is 0.418. The number of aromatic amines is 1. The van der Waals surface area contributed by atoms with Gasteiger partial charge >= 0.3 is 5.69 Å². The number of fused-ring (bicyclic) bond motifs is 1. The van der Waals surface area contributed by atoms with Gasteiger partial charge in [-0.15, -0.1) is 11.3 Å². The topological polar surface area (TPSA) is 110 Å². The Morgan fingerprint density at radius 1 is 0.944 bits per heavy atom. The molecule has 36 heavy (non-hydrogen) atoms. The summed E-state index contributed by atoms with van der Waals surface area (Å²) in [6.45, 7) is 0. The number of hydrogen-bond donors (Lipinski definition) is 2. The maximum absolute atomic E-state index is 12.6. The van der Waals surface area contributed by atoms with Crippen molar-refractivity contribution in [1.82, 2.24) is 9.55 Å². The first-order chi connectivity index (χ1) is 17.2. The highest BCUT2D eigenvalue weighted by Crippen LogP contribution is 2.43. The van der Waals surface area contributed by atoms with Crippen LogP contribution in [-0.2, 0) is 10.0 Å². The molecule has 8 nitrogen and oxygen atoms in total. The number of hydrogen-bond acceptors (Lipinski definition) is 6. The van der Waals surface area contributed by atoms with Gasteiger partial charge in [-0.2, -0.15) is 0 Å². The number of nitrogens with zero attached hydrogens (tertiary/aromatic N) is 1. The van der Waals surface area contributed by atoms with Crippen LogP contribution in [0.5, 0.6) is 5.75 Å². The predicted molar refractivity (Wildman–Crippen MR) is 144 cm³/mol. The van der Waals surface area contributed by atoms with Crippen LogP contribution in [0.3, 0.4) is 0 Å². The van der Waals surface area contributed by atoms with Crippen LogP contribution in [0.1, 0.15) is 0 Å². The third-order valence-corrected chi connectivity index (χ3v) is 7.14. The molecule has 0 aliphatic rings.